The SMILES string of the molecule is CCOc1cc([C@H]2C(C(=O)Nc3ccccc3OC)=C(C)Nc3ncnn32)ccc1O. The second kappa shape index (κ2) is 8.39. The van der Waals surface area contributed by atoms with E-state index in [2.05, 4.69) is 20.7 Å². The first kappa shape index (κ1) is 20.3. The predicted molar refractivity (Wildman–Crippen MR) is 115 cm³/mol. The number of hydrogen-bond acceptors (Lipinski definition) is 7. The van der Waals surface area contributed by atoms with Crippen molar-refractivity contribution in [1.82, 2.24) is 14.8 Å². The molecule has 0 radical (unpaired) electrons. The number of benzene rings is 2. The molecule has 3 aromatic rings. The van der Waals surface area contributed by atoms with Gasteiger partial charge >= 0.3 is 0 Å². The number of rotatable bonds is 6. The average Bonchev–Trinajstić information content (AvgIpc) is 3.23. The smallest absolute Gasteiger partial charge is 0.255 e. The fourth-order valence-electron chi connectivity index (χ4n) is 3.60. The third kappa shape index (κ3) is 3.77. The Balaban J connectivity index is 1.78. The summed E-state index contributed by atoms with van der Waals surface area (Å²) in [4.78, 5) is 17.7. The number of phenolic OH excluding ortho intramolecular Hbond substituents is 1. The zero-order valence-corrected chi connectivity index (χ0v) is 17.4. The summed E-state index contributed by atoms with van der Waals surface area (Å²) in [5.41, 5.74) is 2.37. The number of ether oxygens (including phenoxy) is 2. The van der Waals surface area contributed by atoms with Crippen LogP contribution in [0.4, 0.5) is 11.6 Å². The molecule has 31 heavy (non-hydrogen) atoms. The maximum atomic E-state index is 13.4. The molecule has 0 fully saturated rings. The second-order valence-corrected chi connectivity index (χ2v) is 6.91. The topological polar surface area (TPSA) is 111 Å². The Hall–Kier alpha value is -4.01. The lowest BCUT2D eigenvalue weighted by Gasteiger charge is -2.29. The van der Waals surface area contributed by atoms with E-state index in [1.165, 1.54) is 6.33 Å². The summed E-state index contributed by atoms with van der Waals surface area (Å²) in [6.07, 6.45) is 1.42. The zero-order valence-electron chi connectivity index (χ0n) is 17.4. The van der Waals surface area contributed by atoms with Gasteiger partial charge in [0.15, 0.2) is 11.5 Å². The normalized spacial score (nSPS) is 15.1. The number of amides is 1. The first-order valence-corrected chi connectivity index (χ1v) is 9.80. The minimum atomic E-state index is -0.576. The van der Waals surface area contributed by atoms with Crippen LogP contribution in [0.2, 0.25) is 0 Å². The van der Waals surface area contributed by atoms with Crippen LogP contribution in [0.3, 0.4) is 0 Å². The lowest BCUT2D eigenvalue weighted by molar-refractivity contribution is -0.113. The molecule has 0 unspecified atom stereocenters. The number of anilines is 2. The first-order valence-electron chi connectivity index (χ1n) is 9.80. The molecule has 0 saturated heterocycles. The van der Waals surface area contributed by atoms with E-state index in [1.54, 1.807) is 42.1 Å². The summed E-state index contributed by atoms with van der Waals surface area (Å²) in [5.74, 6) is 1.12. The number of aromatic nitrogens is 3. The largest absolute Gasteiger partial charge is 0.504 e. The van der Waals surface area contributed by atoms with E-state index >= 15 is 0 Å². The molecule has 1 amide bonds. The molecule has 2 heterocycles. The highest BCUT2D eigenvalue weighted by molar-refractivity contribution is 6.06. The number of hydrogen-bond donors (Lipinski definition) is 3. The molecular weight excluding hydrogens is 398 g/mol. The third-order valence-electron chi connectivity index (χ3n) is 4.99. The molecule has 2 aromatic carbocycles. The van der Waals surface area contributed by atoms with Gasteiger partial charge < -0.3 is 25.2 Å². The number of para-hydroxylation sites is 2. The van der Waals surface area contributed by atoms with Crippen molar-refractivity contribution in [1.29, 1.82) is 0 Å². The molecule has 3 N–H and O–H groups in total. The highest BCUT2D eigenvalue weighted by Crippen LogP contribution is 2.39. The van der Waals surface area contributed by atoms with Crippen LogP contribution < -0.4 is 20.1 Å². The van der Waals surface area contributed by atoms with Crippen LogP contribution >= 0.6 is 0 Å². The van der Waals surface area contributed by atoms with Gasteiger partial charge in [0.05, 0.1) is 25.0 Å². The van der Waals surface area contributed by atoms with Crippen molar-refractivity contribution >= 4 is 17.5 Å². The molecule has 0 spiro atoms. The van der Waals surface area contributed by atoms with Gasteiger partial charge in [0.1, 0.15) is 18.1 Å². The lowest BCUT2D eigenvalue weighted by Crippen LogP contribution is -2.31. The van der Waals surface area contributed by atoms with Crippen molar-refractivity contribution in [3.05, 3.63) is 65.6 Å². The summed E-state index contributed by atoms with van der Waals surface area (Å²) >= 11 is 0. The number of nitrogens with zero attached hydrogens (tertiary/aromatic N) is 3. The zero-order chi connectivity index (χ0) is 22.0. The molecule has 1 atom stereocenters. The number of carbonyl (C=O) groups excluding carboxylic acids is 1. The molecule has 1 aliphatic heterocycles. The summed E-state index contributed by atoms with van der Waals surface area (Å²) in [5, 5.41) is 20.5. The van der Waals surface area contributed by atoms with Crippen molar-refractivity contribution in [3.63, 3.8) is 0 Å². The lowest BCUT2D eigenvalue weighted by atomic mass is 9.94. The average molecular weight is 421 g/mol. The van der Waals surface area contributed by atoms with Gasteiger partial charge in [0, 0.05) is 5.70 Å². The Morgan fingerprint density at radius 1 is 1.26 bits per heavy atom. The van der Waals surface area contributed by atoms with E-state index in [0.717, 1.165) is 5.56 Å². The van der Waals surface area contributed by atoms with Crippen molar-refractivity contribution in [2.75, 3.05) is 24.4 Å². The Bertz CT molecular complexity index is 1150. The van der Waals surface area contributed by atoms with Crippen molar-refractivity contribution in [2.45, 2.75) is 19.9 Å². The van der Waals surface area contributed by atoms with E-state index in [0.29, 0.717) is 41.0 Å². The summed E-state index contributed by atoms with van der Waals surface area (Å²) in [7, 11) is 1.55. The number of methoxy groups -OCH3 is 1. The van der Waals surface area contributed by atoms with Crippen LogP contribution in [-0.2, 0) is 4.79 Å². The van der Waals surface area contributed by atoms with E-state index in [-0.39, 0.29) is 11.7 Å². The Kier molecular flexibility index (Phi) is 5.48. The minimum absolute atomic E-state index is 0.0269. The molecule has 0 aliphatic carbocycles. The number of nitrogens with one attached hydrogen (secondary N) is 2. The van der Waals surface area contributed by atoms with Gasteiger partial charge in [0.25, 0.3) is 5.91 Å². The molecule has 0 saturated carbocycles. The van der Waals surface area contributed by atoms with Crippen molar-refractivity contribution in [2.24, 2.45) is 0 Å². The van der Waals surface area contributed by atoms with Crippen LogP contribution in [0.1, 0.15) is 25.5 Å². The molecule has 9 nitrogen and oxygen atoms in total. The van der Waals surface area contributed by atoms with E-state index in [4.69, 9.17) is 9.47 Å². The summed E-state index contributed by atoms with van der Waals surface area (Å²) in [6, 6.07) is 11.6. The molecule has 1 aromatic heterocycles. The predicted octanol–water partition coefficient (Wildman–Crippen LogP) is 3.32. The van der Waals surface area contributed by atoms with E-state index in [1.807, 2.05) is 26.0 Å². The first-order chi connectivity index (χ1) is 15.0. The van der Waals surface area contributed by atoms with Crippen LogP contribution in [0.25, 0.3) is 0 Å². The Morgan fingerprint density at radius 2 is 2.06 bits per heavy atom. The molecule has 4 rings (SSSR count). The maximum Gasteiger partial charge on any atom is 0.255 e. The van der Waals surface area contributed by atoms with Crippen LogP contribution in [0.15, 0.2) is 60.1 Å². The Labute approximate surface area is 179 Å². The van der Waals surface area contributed by atoms with Crippen LogP contribution in [0, 0.1) is 0 Å². The third-order valence-corrected chi connectivity index (χ3v) is 4.99. The van der Waals surface area contributed by atoms with Gasteiger partial charge in [-0.05, 0) is 43.7 Å². The minimum Gasteiger partial charge on any atom is -0.504 e. The fourth-order valence-corrected chi connectivity index (χ4v) is 3.60. The van der Waals surface area contributed by atoms with Gasteiger partial charge in [-0.25, -0.2) is 4.68 Å². The van der Waals surface area contributed by atoms with Gasteiger partial charge in [-0.15, -0.1) is 0 Å². The standard InChI is InChI=1S/C22H23N5O4/c1-4-31-18-11-14(9-10-16(18)28)20-19(13(2)25-22-23-12-24-27(20)22)21(29)26-15-7-5-6-8-17(15)30-3/h5-12,20,28H,4H2,1-3H3,(H,26,29)(H,23,24,25)/t20-/m0/s1. The Morgan fingerprint density at radius 3 is 2.84 bits per heavy atom. The highest BCUT2D eigenvalue weighted by atomic mass is 16.5. The number of fused-ring (bicyclic) bond motifs is 1. The van der Waals surface area contributed by atoms with Crippen molar-refractivity contribution in [3.8, 4) is 17.2 Å². The number of allylic oxidation sites excluding steroid dienone is 1. The van der Waals surface area contributed by atoms with Gasteiger partial charge in [-0.1, -0.05) is 18.2 Å². The molecule has 0 bridgehead atoms. The fraction of sp³-hybridized carbons (Fsp3) is 0.227. The van der Waals surface area contributed by atoms with E-state index in [9.17, 15) is 9.90 Å². The molecular formula is C22H23N5O4. The number of carbonyl (C=O) groups is 1. The van der Waals surface area contributed by atoms with Gasteiger partial charge in [0.2, 0.25) is 5.95 Å². The van der Waals surface area contributed by atoms with Gasteiger partial charge in [-0.2, -0.15) is 10.1 Å². The molecule has 1 aliphatic rings. The maximum absolute atomic E-state index is 13.4. The number of aromatic hydroxyl groups is 1. The highest BCUT2D eigenvalue weighted by Gasteiger charge is 2.34. The van der Waals surface area contributed by atoms with Crippen LogP contribution in [0.5, 0.6) is 17.2 Å². The molecule has 9 heteroatoms. The summed E-state index contributed by atoms with van der Waals surface area (Å²) < 4.78 is 12.5. The van der Waals surface area contributed by atoms with E-state index < -0.39 is 6.04 Å². The van der Waals surface area contributed by atoms with Crippen LogP contribution in [-0.4, -0.2) is 39.5 Å². The van der Waals surface area contributed by atoms with Crippen molar-refractivity contribution < 1.29 is 19.4 Å². The summed E-state index contributed by atoms with van der Waals surface area (Å²) in [6.45, 7) is 4.04. The quantitative estimate of drug-likeness (QED) is 0.560. The second-order valence-electron chi connectivity index (χ2n) is 6.91. The molecule has 160 valence electrons. The number of phenols is 1. The monoisotopic (exact) mass is 421 g/mol. The van der Waals surface area contributed by atoms with Gasteiger partial charge in [-0.3, -0.25) is 4.79 Å².